The SMILES string of the molecule is COC(=O)CC1=NN(c2ccccc2)C(=O)/C1=C/c1c(CC(=O)OC)[nH]n(-c2ccccc2)c1=O. The van der Waals surface area contributed by atoms with E-state index in [1.807, 2.05) is 0 Å². The first-order valence-electron chi connectivity index (χ1n) is 10.6. The van der Waals surface area contributed by atoms with Crippen molar-refractivity contribution in [2.45, 2.75) is 12.8 Å². The number of benzene rings is 2. The predicted octanol–water partition coefficient (Wildman–Crippen LogP) is 2.23. The Labute approximate surface area is 200 Å². The fourth-order valence-corrected chi connectivity index (χ4v) is 3.59. The number of H-pyrrole nitrogens is 1. The molecule has 1 amide bonds. The maximum atomic E-state index is 13.4. The van der Waals surface area contributed by atoms with E-state index >= 15 is 0 Å². The number of rotatable bonds is 7. The van der Waals surface area contributed by atoms with Gasteiger partial charge in [0.1, 0.15) is 0 Å². The summed E-state index contributed by atoms with van der Waals surface area (Å²) in [6, 6.07) is 17.5. The van der Waals surface area contributed by atoms with Crippen LogP contribution in [0.4, 0.5) is 5.69 Å². The molecule has 10 heteroatoms. The van der Waals surface area contributed by atoms with E-state index in [2.05, 4.69) is 10.2 Å². The lowest BCUT2D eigenvalue weighted by atomic mass is 10.0. The molecule has 1 aliphatic heterocycles. The number of anilines is 1. The van der Waals surface area contributed by atoms with Gasteiger partial charge < -0.3 is 9.47 Å². The topological polar surface area (TPSA) is 123 Å². The normalized spacial score (nSPS) is 14.2. The standard InChI is InChI=1S/C25H22N4O6/c1-34-22(30)14-20-18(24(32)28(26-20)16-9-5-3-6-10-16)13-19-21(15-23(31)35-2)27-29(25(19)33)17-11-7-4-8-12-17/h3-13,26H,14-15H2,1-2H3/b19-13+. The molecule has 3 aromatic rings. The van der Waals surface area contributed by atoms with Gasteiger partial charge in [-0.25, -0.2) is 4.68 Å². The number of aromatic amines is 1. The van der Waals surface area contributed by atoms with E-state index < -0.39 is 23.4 Å². The number of carbonyl (C=O) groups excluding carboxylic acids is 3. The highest BCUT2D eigenvalue weighted by molar-refractivity contribution is 6.34. The zero-order chi connectivity index (χ0) is 24.9. The van der Waals surface area contributed by atoms with E-state index in [1.54, 1.807) is 60.7 Å². The molecule has 35 heavy (non-hydrogen) atoms. The molecular formula is C25H22N4O6. The monoisotopic (exact) mass is 474 g/mol. The van der Waals surface area contributed by atoms with Crippen LogP contribution in [0, 0.1) is 0 Å². The van der Waals surface area contributed by atoms with Crippen molar-refractivity contribution in [2.75, 3.05) is 19.2 Å². The van der Waals surface area contributed by atoms with Crippen molar-refractivity contribution in [3.63, 3.8) is 0 Å². The van der Waals surface area contributed by atoms with Crippen LogP contribution in [0.25, 0.3) is 11.8 Å². The molecule has 0 radical (unpaired) electrons. The lowest BCUT2D eigenvalue weighted by Crippen LogP contribution is -2.22. The summed E-state index contributed by atoms with van der Waals surface area (Å²) in [5.41, 5.74) is 1.07. The van der Waals surface area contributed by atoms with Gasteiger partial charge in [-0.2, -0.15) is 10.1 Å². The third-order valence-corrected chi connectivity index (χ3v) is 5.35. The highest BCUT2D eigenvalue weighted by Gasteiger charge is 2.33. The first-order valence-corrected chi connectivity index (χ1v) is 10.6. The number of hydrogen-bond donors (Lipinski definition) is 1. The first kappa shape index (κ1) is 23.4. The molecule has 0 bridgehead atoms. The molecule has 0 aliphatic carbocycles. The molecule has 1 aliphatic rings. The van der Waals surface area contributed by atoms with Gasteiger partial charge in [0, 0.05) is 0 Å². The Balaban J connectivity index is 1.85. The van der Waals surface area contributed by atoms with Crippen molar-refractivity contribution in [1.82, 2.24) is 9.78 Å². The number of ether oxygens (including phenoxy) is 2. The summed E-state index contributed by atoms with van der Waals surface area (Å²) in [4.78, 5) is 50.8. The van der Waals surface area contributed by atoms with E-state index in [0.717, 1.165) is 5.01 Å². The maximum absolute atomic E-state index is 13.4. The fourth-order valence-electron chi connectivity index (χ4n) is 3.59. The van der Waals surface area contributed by atoms with Gasteiger partial charge in [-0.1, -0.05) is 36.4 Å². The van der Waals surface area contributed by atoms with Crippen LogP contribution in [0.15, 0.2) is 76.1 Å². The molecule has 2 heterocycles. The highest BCUT2D eigenvalue weighted by atomic mass is 16.5. The lowest BCUT2D eigenvalue weighted by molar-refractivity contribution is -0.140. The summed E-state index contributed by atoms with van der Waals surface area (Å²) in [6.07, 6.45) is 0.843. The van der Waals surface area contributed by atoms with Gasteiger partial charge in [-0.3, -0.25) is 24.3 Å². The average Bonchev–Trinajstić information content (AvgIpc) is 3.36. The van der Waals surface area contributed by atoms with Crippen molar-refractivity contribution < 1.29 is 23.9 Å². The average molecular weight is 474 g/mol. The number of nitrogens with zero attached hydrogens (tertiary/aromatic N) is 3. The van der Waals surface area contributed by atoms with Crippen LogP contribution in [0.1, 0.15) is 17.7 Å². The maximum Gasteiger partial charge on any atom is 0.311 e. The van der Waals surface area contributed by atoms with Gasteiger partial charge in [0.25, 0.3) is 11.5 Å². The van der Waals surface area contributed by atoms with Crippen molar-refractivity contribution in [1.29, 1.82) is 0 Å². The van der Waals surface area contributed by atoms with Gasteiger partial charge in [0.2, 0.25) is 0 Å². The number of carbonyl (C=O) groups is 3. The minimum Gasteiger partial charge on any atom is -0.469 e. The fraction of sp³-hybridized carbons (Fsp3) is 0.160. The summed E-state index contributed by atoms with van der Waals surface area (Å²) in [5.74, 6) is -1.69. The summed E-state index contributed by atoms with van der Waals surface area (Å²) in [5, 5.41) is 8.42. The Kier molecular flexibility index (Phi) is 6.72. The van der Waals surface area contributed by atoms with Crippen molar-refractivity contribution in [2.24, 2.45) is 5.10 Å². The predicted molar refractivity (Wildman–Crippen MR) is 128 cm³/mol. The van der Waals surface area contributed by atoms with Gasteiger partial charge in [-0.05, 0) is 30.3 Å². The lowest BCUT2D eigenvalue weighted by Gasteiger charge is -2.10. The van der Waals surface area contributed by atoms with E-state index in [4.69, 9.17) is 9.47 Å². The Morgan fingerprint density at radius 3 is 2.06 bits per heavy atom. The number of aromatic nitrogens is 2. The minimum atomic E-state index is -0.595. The van der Waals surface area contributed by atoms with Crippen LogP contribution in [-0.4, -0.2) is 47.6 Å². The number of para-hydroxylation sites is 2. The molecule has 0 fully saturated rings. The van der Waals surface area contributed by atoms with Crippen LogP contribution in [0.2, 0.25) is 0 Å². The van der Waals surface area contributed by atoms with E-state index in [1.165, 1.54) is 25.0 Å². The number of amides is 1. The molecule has 0 unspecified atom stereocenters. The molecule has 1 aromatic heterocycles. The molecule has 0 saturated heterocycles. The van der Waals surface area contributed by atoms with Crippen molar-refractivity contribution in [3.05, 3.63) is 87.8 Å². The Morgan fingerprint density at radius 1 is 0.886 bits per heavy atom. The van der Waals surface area contributed by atoms with Crippen LogP contribution in [-0.2, 0) is 30.3 Å². The highest BCUT2D eigenvalue weighted by Crippen LogP contribution is 2.26. The van der Waals surface area contributed by atoms with Gasteiger partial charge in [0.05, 0.1) is 61.0 Å². The third-order valence-electron chi connectivity index (χ3n) is 5.35. The number of methoxy groups -OCH3 is 2. The number of hydrogen-bond acceptors (Lipinski definition) is 7. The number of esters is 2. The van der Waals surface area contributed by atoms with E-state index in [9.17, 15) is 19.2 Å². The quantitative estimate of drug-likeness (QED) is 0.414. The van der Waals surface area contributed by atoms with Gasteiger partial charge in [-0.15, -0.1) is 0 Å². The Bertz CT molecular complexity index is 1390. The second-order valence-electron chi connectivity index (χ2n) is 7.54. The molecule has 1 N–H and O–H groups in total. The summed E-state index contributed by atoms with van der Waals surface area (Å²) in [6.45, 7) is 0. The van der Waals surface area contributed by atoms with Crippen LogP contribution < -0.4 is 10.6 Å². The summed E-state index contributed by atoms with van der Waals surface area (Å²) >= 11 is 0. The number of hydrazone groups is 1. The molecule has 10 nitrogen and oxygen atoms in total. The smallest absolute Gasteiger partial charge is 0.311 e. The van der Waals surface area contributed by atoms with Gasteiger partial charge in [0.15, 0.2) is 0 Å². The van der Waals surface area contributed by atoms with E-state index in [0.29, 0.717) is 11.4 Å². The second kappa shape index (κ2) is 10.0. The van der Waals surface area contributed by atoms with Crippen molar-refractivity contribution >= 4 is 35.3 Å². The summed E-state index contributed by atoms with van der Waals surface area (Å²) < 4.78 is 10.8. The second-order valence-corrected chi connectivity index (χ2v) is 7.54. The number of nitrogens with one attached hydrogen (secondary N) is 1. The van der Waals surface area contributed by atoms with Gasteiger partial charge >= 0.3 is 11.9 Å². The molecule has 4 rings (SSSR count). The minimum absolute atomic E-state index is 0.0432. The van der Waals surface area contributed by atoms with Crippen LogP contribution in [0.3, 0.4) is 0 Å². The van der Waals surface area contributed by atoms with E-state index in [-0.39, 0.29) is 35.4 Å². The molecular weight excluding hydrogens is 452 g/mol. The third kappa shape index (κ3) is 4.81. The van der Waals surface area contributed by atoms with Crippen LogP contribution in [0.5, 0.6) is 0 Å². The zero-order valence-corrected chi connectivity index (χ0v) is 19.1. The first-order chi connectivity index (χ1) is 16.9. The molecule has 0 atom stereocenters. The molecule has 0 spiro atoms. The summed E-state index contributed by atoms with van der Waals surface area (Å²) in [7, 11) is 2.48. The Morgan fingerprint density at radius 2 is 1.46 bits per heavy atom. The molecule has 178 valence electrons. The van der Waals surface area contributed by atoms with Crippen LogP contribution >= 0.6 is 0 Å². The zero-order valence-electron chi connectivity index (χ0n) is 19.1. The van der Waals surface area contributed by atoms with Crippen molar-refractivity contribution in [3.8, 4) is 5.69 Å². The Hall–Kier alpha value is -4.73. The molecule has 2 aromatic carbocycles. The largest absolute Gasteiger partial charge is 0.469 e. The molecule has 0 saturated carbocycles.